The van der Waals surface area contributed by atoms with Crippen LogP contribution < -0.4 is 4.74 Å². The second-order valence-corrected chi connectivity index (χ2v) is 18.3. The minimum absolute atomic E-state index is 0.00202. The molecule has 2 aliphatic carbocycles. The summed E-state index contributed by atoms with van der Waals surface area (Å²) < 4.78 is 116. The SMILES string of the molecule is CC1(C)OB(C2CCC(C(=O)N3CC[C@@]4(CS(=O)(=O)c5ccc(F)cc5)c5ccc(OCc6c(F)cccc6C(F)(F)F)cc5CC[C@@H]34)CC2)OC1(C)C. The van der Waals surface area contributed by atoms with E-state index in [0.717, 1.165) is 54.3 Å². The van der Waals surface area contributed by atoms with Gasteiger partial charge in [0.05, 0.1) is 27.4 Å². The monoisotopic (exact) mass is 773 g/mol. The Bertz CT molecular complexity index is 2000. The number of sulfone groups is 1. The molecule has 0 aromatic heterocycles. The van der Waals surface area contributed by atoms with Crippen LogP contribution >= 0.6 is 0 Å². The molecule has 14 heteroatoms. The van der Waals surface area contributed by atoms with E-state index in [0.29, 0.717) is 38.6 Å². The second kappa shape index (κ2) is 13.9. The Hall–Kier alpha value is -3.49. The van der Waals surface area contributed by atoms with Crippen molar-refractivity contribution in [2.75, 3.05) is 12.3 Å². The van der Waals surface area contributed by atoms with Gasteiger partial charge in [0.2, 0.25) is 5.91 Å². The second-order valence-electron chi connectivity index (χ2n) is 16.3. The number of carbonyl (C=O) groups is 1. The van der Waals surface area contributed by atoms with Crippen molar-refractivity contribution >= 4 is 22.9 Å². The Balaban J connectivity index is 1.14. The molecule has 4 aliphatic rings. The molecule has 0 unspecified atom stereocenters. The lowest BCUT2D eigenvalue weighted by atomic mass is 9.62. The molecule has 1 saturated carbocycles. The smallest absolute Gasteiger partial charge is 0.461 e. The number of likely N-dealkylation sites (tertiary alicyclic amines) is 1. The lowest BCUT2D eigenvalue weighted by Gasteiger charge is -2.44. The predicted octanol–water partition coefficient (Wildman–Crippen LogP) is 8.47. The fraction of sp³-hybridized carbons (Fsp3) is 0.525. The van der Waals surface area contributed by atoms with Gasteiger partial charge in [0.15, 0.2) is 9.84 Å². The molecule has 0 spiro atoms. The Morgan fingerprint density at radius 2 is 1.59 bits per heavy atom. The molecule has 2 saturated heterocycles. The van der Waals surface area contributed by atoms with Crippen LogP contribution in [0.25, 0.3) is 0 Å². The van der Waals surface area contributed by atoms with Gasteiger partial charge >= 0.3 is 13.3 Å². The first-order chi connectivity index (χ1) is 25.3. The van der Waals surface area contributed by atoms with Crippen LogP contribution in [0, 0.1) is 17.6 Å². The zero-order valence-electron chi connectivity index (χ0n) is 30.8. The number of carbonyl (C=O) groups excluding carboxylic acids is 1. The zero-order chi connectivity index (χ0) is 38.8. The van der Waals surface area contributed by atoms with E-state index in [9.17, 15) is 35.2 Å². The molecular weight excluding hydrogens is 728 g/mol. The van der Waals surface area contributed by atoms with Crippen molar-refractivity contribution in [2.45, 2.75) is 119 Å². The van der Waals surface area contributed by atoms with Gasteiger partial charge in [-0.15, -0.1) is 0 Å². The number of hydrogen-bond acceptors (Lipinski definition) is 6. The maximum atomic E-state index is 14.6. The van der Waals surface area contributed by atoms with Crippen LogP contribution in [0.5, 0.6) is 5.75 Å². The van der Waals surface area contributed by atoms with Gasteiger partial charge in [-0.25, -0.2) is 17.2 Å². The summed E-state index contributed by atoms with van der Waals surface area (Å²) in [5.41, 5.74) is -2.16. The molecule has 2 heterocycles. The Kier molecular flexibility index (Phi) is 9.99. The predicted molar refractivity (Wildman–Crippen MR) is 193 cm³/mol. The van der Waals surface area contributed by atoms with Gasteiger partial charge in [0.1, 0.15) is 24.0 Å². The molecule has 3 fully saturated rings. The largest absolute Gasteiger partial charge is 0.489 e. The molecule has 3 aromatic carbocycles. The highest BCUT2D eigenvalue weighted by Crippen LogP contribution is 2.51. The molecule has 7 nitrogen and oxygen atoms in total. The molecular formula is C40H45BF5NO6S. The van der Waals surface area contributed by atoms with Crippen molar-refractivity contribution in [3.63, 3.8) is 0 Å². The number of halogens is 5. The van der Waals surface area contributed by atoms with E-state index < -0.39 is 68.0 Å². The van der Waals surface area contributed by atoms with Crippen molar-refractivity contribution in [1.29, 1.82) is 0 Å². The normalized spacial score (nSPS) is 26.4. The highest BCUT2D eigenvalue weighted by atomic mass is 32.2. The maximum absolute atomic E-state index is 14.6. The van der Waals surface area contributed by atoms with E-state index in [1.165, 1.54) is 12.1 Å². The van der Waals surface area contributed by atoms with Gasteiger partial charge in [-0.1, -0.05) is 25.0 Å². The van der Waals surface area contributed by atoms with Crippen LogP contribution in [0.15, 0.2) is 65.6 Å². The molecule has 1 amide bonds. The number of alkyl halides is 3. The minimum Gasteiger partial charge on any atom is -0.489 e. The first-order valence-electron chi connectivity index (χ1n) is 18.6. The molecule has 54 heavy (non-hydrogen) atoms. The van der Waals surface area contributed by atoms with E-state index in [1.807, 2.05) is 32.6 Å². The highest BCUT2D eigenvalue weighted by Gasteiger charge is 2.57. The quantitative estimate of drug-likeness (QED) is 0.130. The number of fused-ring (bicyclic) bond motifs is 3. The van der Waals surface area contributed by atoms with E-state index in [4.69, 9.17) is 14.0 Å². The summed E-state index contributed by atoms with van der Waals surface area (Å²) in [7, 11) is -4.33. The molecule has 0 bridgehead atoms. The van der Waals surface area contributed by atoms with Crippen LogP contribution in [0.1, 0.15) is 88.5 Å². The van der Waals surface area contributed by atoms with Crippen LogP contribution in [-0.4, -0.2) is 55.9 Å². The summed E-state index contributed by atoms with van der Waals surface area (Å²) in [5, 5.41) is 0. The molecule has 7 rings (SSSR count). The standard InChI is InChI=1S/C40H45BF5NO6S/c1-37(2)38(3,4)53-41(52-37)27-11-8-25(9-12-27)36(48)47-21-20-39(24-54(49,50)30-16-13-28(42)14-17-30)32-18-15-29(22-26(32)10-19-35(39)47)51-23-31-33(40(44,45)46)6-5-7-34(31)43/h5-7,13-18,22,25,27,35H,8-12,19-21,23-24H2,1-4H3/t25?,27?,35-,39-/m1/s1. The van der Waals surface area contributed by atoms with Gasteiger partial charge in [-0.3, -0.25) is 4.79 Å². The van der Waals surface area contributed by atoms with E-state index in [1.54, 1.807) is 18.2 Å². The summed E-state index contributed by atoms with van der Waals surface area (Å²) in [6.07, 6.45) is -0.647. The molecule has 290 valence electrons. The number of benzene rings is 3. The van der Waals surface area contributed by atoms with Crippen molar-refractivity contribution < 1.29 is 49.2 Å². The van der Waals surface area contributed by atoms with Crippen molar-refractivity contribution in [3.8, 4) is 5.75 Å². The number of hydrogen-bond donors (Lipinski definition) is 0. The molecule has 0 radical (unpaired) electrons. The third-order valence-corrected chi connectivity index (χ3v) is 14.5. The van der Waals surface area contributed by atoms with Gasteiger partial charge in [-0.05, 0) is 125 Å². The van der Waals surface area contributed by atoms with Gasteiger partial charge < -0.3 is 18.9 Å². The number of aryl methyl sites for hydroxylation is 1. The topological polar surface area (TPSA) is 82.1 Å². The number of amides is 1. The van der Waals surface area contributed by atoms with Crippen LogP contribution in [-0.2, 0) is 48.6 Å². The van der Waals surface area contributed by atoms with Crippen molar-refractivity contribution in [1.82, 2.24) is 4.90 Å². The molecule has 2 aliphatic heterocycles. The van der Waals surface area contributed by atoms with Crippen LogP contribution in [0.3, 0.4) is 0 Å². The Morgan fingerprint density at radius 1 is 0.926 bits per heavy atom. The van der Waals surface area contributed by atoms with E-state index in [2.05, 4.69) is 0 Å². The number of nitrogens with zero attached hydrogens (tertiary/aromatic N) is 1. The summed E-state index contributed by atoms with van der Waals surface area (Å²) >= 11 is 0. The third-order valence-electron chi connectivity index (χ3n) is 12.6. The van der Waals surface area contributed by atoms with Crippen LogP contribution in [0.2, 0.25) is 5.82 Å². The van der Waals surface area contributed by atoms with E-state index >= 15 is 0 Å². The summed E-state index contributed by atoms with van der Waals surface area (Å²) in [6, 6.07) is 12.0. The molecule has 3 aromatic rings. The van der Waals surface area contributed by atoms with Crippen molar-refractivity contribution in [3.05, 3.63) is 94.6 Å². The zero-order valence-corrected chi connectivity index (χ0v) is 31.7. The Morgan fingerprint density at radius 3 is 2.24 bits per heavy atom. The first-order valence-corrected chi connectivity index (χ1v) is 20.2. The summed E-state index contributed by atoms with van der Waals surface area (Å²) in [4.78, 5) is 16.2. The van der Waals surface area contributed by atoms with Gasteiger partial charge in [0.25, 0.3) is 0 Å². The molecule has 0 N–H and O–H groups in total. The fourth-order valence-corrected chi connectivity index (χ4v) is 10.9. The van der Waals surface area contributed by atoms with Crippen molar-refractivity contribution in [2.24, 2.45) is 5.92 Å². The summed E-state index contributed by atoms with van der Waals surface area (Å²) in [5.74, 6) is -1.79. The number of rotatable bonds is 8. The maximum Gasteiger partial charge on any atom is 0.461 e. The Labute approximate surface area is 313 Å². The third kappa shape index (κ3) is 7.06. The fourth-order valence-electron chi connectivity index (χ4n) is 8.99. The lowest BCUT2D eigenvalue weighted by molar-refractivity contribution is -0.139. The van der Waals surface area contributed by atoms with Gasteiger partial charge in [-0.2, -0.15) is 13.2 Å². The number of ether oxygens (including phenoxy) is 1. The van der Waals surface area contributed by atoms with E-state index in [-0.39, 0.29) is 41.2 Å². The molecule has 2 atom stereocenters. The lowest BCUT2D eigenvalue weighted by Crippen LogP contribution is -2.52. The van der Waals surface area contributed by atoms with Gasteiger partial charge in [0, 0.05) is 29.5 Å². The average Bonchev–Trinajstić information content (AvgIpc) is 3.59. The first kappa shape index (κ1) is 38.8. The average molecular weight is 774 g/mol. The summed E-state index contributed by atoms with van der Waals surface area (Å²) in [6.45, 7) is 7.78. The van der Waals surface area contributed by atoms with Crippen LogP contribution in [0.4, 0.5) is 22.0 Å². The minimum atomic E-state index is -4.77. The highest BCUT2D eigenvalue weighted by molar-refractivity contribution is 7.91.